The second-order valence-corrected chi connectivity index (χ2v) is 8.99. The van der Waals surface area contributed by atoms with Crippen molar-refractivity contribution in [3.05, 3.63) is 0 Å². The van der Waals surface area contributed by atoms with E-state index in [1.165, 1.54) is 14.7 Å². The maximum absolute atomic E-state index is 12.1. The number of Topliss-reactive ketones (excluding diaryl/α,β-unsaturated/α-hetero) is 1. The molecule has 13 heteroatoms. The van der Waals surface area contributed by atoms with Gasteiger partial charge in [0.1, 0.15) is 11.8 Å². The first-order valence-electron chi connectivity index (χ1n) is 11.6. The second-order valence-electron chi connectivity index (χ2n) is 8.99. The molecule has 0 aromatic rings. The summed E-state index contributed by atoms with van der Waals surface area (Å²) in [5, 5.41) is 43.4. The van der Waals surface area contributed by atoms with Crippen LogP contribution in [0, 0.1) is 5.92 Å². The number of carbonyl (C=O) groups excluding carboxylic acids is 4. The molecule has 1 fully saturated rings. The van der Waals surface area contributed by atoms with E-state index in [2.05, 4.69) is 0 Å². The smallest absolute Gasteiger partial charge is 0.320 e. The number of ketones is 1. The fraction of sp³-hybridized carbons (Fsp3) is 0.773. The van der Waals surface area contributed by atoms with E-state index in [-0.39, 0.29) is 76.9 Å². The van der Waals surface area contributed by atoms with Crippen molar-refractivity contribution in [3.63, 3.8) is 0 Å². The van der Waals surface area contributed by atoms with Gasteiger partial charge < -0.3 is 34.8 Å². The molecule has 0 amide bonds. The predicted octanol–water partition coefficient (Wildman–Crippen LogP) is -5.08. The molecule has 0 spiro atoms. The molecule has 0 aromatic carbocycles. The minimum atomic E-state index is -1.33. The van der Waals surface area contributed by atoms with Gasteiger partial charge >= 0.3 is 5.97 Å². The van der Waals surface area contributed by atoms with Gasteiger partial charge in [-0.1, -0.05) is 13.8 Å². The topological polar surface area (TPSA) is 188 Å². The SMILES string of the molecule is CC(C)C(=O)CCC(C(=O)O)N1CCN(CC(=O)[O-])CCN(CC(=O)[O-])CCN(CC(=O)[O-])CC1. The highest BCUT2D eigenvalue weighted by atomic mass is 16.4. The number of rotatable bonds is 12. The average Bonchev–Trinajstić information content (AvgIpc) is 2.73. The summed E-state index contributed by atoms with van der Waals surface area (Å²) in [4.78, 5) is 63.9. The summed E-state index contributed by atoms with van der Waals surface area (Å²) < 4.78 is 0. The summed E-state index contributed by atoms with van der Waals surface area (Å²) in [5.41, 5.74) is 0. The van der Waals surface area contributed by atoms with Gasteiger partial charge in [-0.3, -0.25) is 29.2 Å². The van der Waals surface area contributed by atoms with E-state index in [4.69, 9.17) is 0 Å². The van der Waals surface area contributed by atoms with Gasteiger partial charge in [0.05, 0.1) is 17.9 Å². The van der Waals surface area contributed by atoms with Crippen molar-refractivity contribution in [2.75, 3.05) is 72.0 Å². The Morgan fingerprint density at radius 1 is 0.686 bits per heavy atom. The van der Waals surface area contributed by atoms with Gasteiger partial charge in [0.15, 0.2) is 0 Å². The van der Waals surface area contributed by atoms with E-state index >= 15 is 0 Å². The first kappa shape index (κ1) is 30.4. The average molecular weight is 500 g/mol. The fourth-order valence-corrected chi connectivity index (χ4v) is 3.92. The van der Waals surface area contributed by atoms with Crippen LogP contribution < -0.4 is 15.3 Å². The van der Waals surface area contributed by atoms with Crippen LogP contribution in [0.5, 0.6) is 0 Å². The van der Waals surface area contributed by atoms with Crippen LogP contribution in [-0.4, -0.2) is 132 Å². The molecule has 1 N–H and O–H groups in total. The number of hydrogen-bond acceptors (Lipinski definition) is 12. The maximum atomic E-state index is 12.1. The number of hydrogen-bond donors (Lipinski definition) is 1. The number of carboxylic acids is 4. The molecule has 13 nitrogen and oxygen atoms in total. The summed E-state index contributed by atoms with van der Waals surface area (Å²) in [5.74, 6) is -5.42. The highest BCUT2D eigenvalue weighted by Crippen LogP contribution is 2.12. The normalized spacial score (nSPS) is 18.9. The van der Waals surface area contributed by atoms with Gasteiger partial charge in [0.25, 0.3) is 0 Å². The first-order valence-corrected chi connectivity index (χ1v) is 11.6. The van der Waals surface area contributed by atoms with Crippen LogP contribution in [0.25, 0.3) is 0 Å². The zero-order valence-electron chi connectivity index (χ0n) is 20.3. The summed E-state index contributed by atoms with van der Waals surface area (Å²) in [6.07, 6.45) is 0.127. The van der Waals surface area contributed by atoms with Crippen LogP contribution in [0.15, 0.2) is 0 Å². The van der Waals surface area contributed by atoms with Gasteiger partial charge in [-0.05, 0) is 6.42 Å². The number of nitrogens with zero attached hydrogens (tertiary/aromatic N) is 4. The van der Waals surface area contributed by atoms with Crippen LogP contribution in [0.2, 0.25) is 0 Å². The summed E-state index contributed by atoms with van der Waals surface area (Å²) in [6.45, 7) is 3.46. The van der Waals surface area contributed by atoms with Crippen LogP contribution in [0.4, 0.5) is 0 Å². The Morgan fingerprint density at radius 3 is 1.31 bits per heavy atom. The van der Waals surface area contributed by atoms with Gasteiger partial charge in [-0.15, -0.1) is 0 Å². The Morgan fingerprint density at radius 2 is 1.03 bits per heavy atom. The minimum Gasteiger partial charge on any atom is -0.549 e. The Kier molecular flexibility index (Phi) is 13.4. The van der Waals surface area contributed by atoms with Crippen LogP contribution in [0.1, 0.15) is 26.7 Å². The van der Waals surface area contributed by atoms with E-state index in [1.54, 1.807) is 18.7 Å². The third-order valence-corrected chi connectivity index (χ3v) is 5.96. The lowest BCUT2D eigenvalue weighted by atomic mass is 10.0. The largest absolute Gasteiger partial charge is 0.549 e. The summed E-state index contributed by atoms with van der Waals surface area (Å²) in [7, 11) is 0. The van der Waals surface area contributed by atoms with Crippen molar-refractivity contribution in [2.45, 2.75) is 32.7 Å². The Labute approximate surface area is 204 Å². The predicted molar refractivity (Wildman–Crippen MR) is 116 cm³/mol. The molecular weight excluding hydrogens is 464 g/mol. The molecule has 0 bridgehead atoms. The molecule has 0 radical (unpaired) electrons. The number of carboxylic acid groups (broad SMARTS) is 4. The van der Waals surface area contributed by atoms with Crippen LogP contribution in [-0.2, 0) is 24.0 Å². The lowest BCUT2D eigenvalue weighted by Gasteiger charge is -2.36. The number of aliphatic carboxylic acids is 4. The van der Waals surface area contributed by atoms with Gasteiger partial charge in [0.2, 0.25) is 0 Å². The molecule has 0 saturated carbocycles. The maximum Gasteiger partial charge on any atom is 0.320 e. The highest BCUT2D eigenvalue weighted by molar-refractivity contribution is 5.81. The summed E-state index contributed by atoms with van der Waals surface area (Å²) >= 11 is 0. The quantitative estimate of drug-likeness (QED) is 0.269. The van der Waals surface area contributed by atoms with Crippen LogP contribution >= 0.6 is 0 Å². The van der Waals surface area contributed by atoms with Crippen molar-refractivity contribution >= 4 is 29.7 Å². The Bertz CT molecular complexity index is 714. The van der Waals surface area contributed by atoms with Crippen molar-refractivity contribution < 1.29 is 44.4 Å². The molecule has 0 aromatic heterocycles. The monoisotopic (exact) mass is 499 g/mol. The summed E-state index contributed by atoms with van der Waals surface area (Å²) in [6, 6.07) is -1.02. The van der Waals surface area contributed by atoms with E-state index < -0.39 is 49.6 Å². The standard InChI is InChI=1S/C22H38N4O9/c1-16(2)18(27)4-3-17(22(34)35)26-11-9-24(14-20(30)31)7-5-23(13-19(28)29)6-8-25(10-12-26)15-21(32)33/h16-17H,3-15H2,1-2H3,(H,28,29)(H,30,31)(H,32,33)(H,34,35)/p-3. The van der Waals surface area contributed by atoms with Crippen molar-refractivity contribution in [1.29, 1.82) is 0 Å². The molecule has 1 heterocycles. The van der Waals surface area contributed by atoms with E-state index in [9.17, 15) is 44.4 Å². The van der Waals surface area contributed by atoms with E-state index in [1.807, 2.05) is 0 Å². The third-order valence-electron chi connectivity index (χ3n) is 5.96. The molecule has 1 rings (SSSR count). The third kappa shape index (κ3) is 12.6. The lowest BCUT2D eigenvalue weighted by Crippen LogP contribution is -2.53. The second kappa shape index (κ2) is 15.4. The molecule has 1 unspecified atom stereocenters. The van der Waals surface area contributed by atoms with Gasteiger partial charge in [-0.25, -0.2) is 0 Å². The minimum absolute atomic E-state index is 0.0622. The van der Waals surface area contributed by atoms with Gasteiger partial charge in [-0.2, -0.15) is 0 Å². The van der Waals surface area contributed by atoms with E-state index in [0.29, 0.717) is 0 Å². The van der Waals surface area contributed by atoms with Crippen molar-refractivity contribution in [1.82, 2.24) is 19.6 Å². The molecule has 1 aliphatic rings. The van der Waals surface area contributed by atoms with Crippen molar-refractivity contribution in [3.8, 4) is 0 Å². The molecule has 1 aliphatic heterocycles. The molecular formula is C22H35N4O9-3. The number of carbonyl (C=O) groups is 5. The van der Waals surface area contributed by atoms with Gasteiger partial charge in [0, 0.05) is 84.3 Å². The zero-order chi connectivity index (χ0) is 26.5. The molecule has 200 valence electrons. The first-order chi connectivity index (χ1) is 16.4. The highest BCUT2D eigenvalue weighted by Gasteiger charge is 2.28. The zero-order valence-corrected chi connectivity index (χ0v) is 20.3. The lowest BCUT2D eigenvalue weighted by molar-refractivity contribution is -0.308. The van der Waals surface area contributed by atoms with Crippen LogP contribution in [0.3, 0.4) is 0 Å². The molecule has 0 aliphatic carbocycles. The Hall–Kier alpha value is -2.61. The molecule has 35 heavy (non-hydrogen) atoms. The van der Waals surface area contributed by atoms with E-state index in [0.717, 1.165) is 0 Å². The molecule has 1 atom stereocenters. The Balaban J connectivity index is 3.13. The fourth-order valence-electron chi connectivity index (χ4n) is 3.92. The molecule has 1 saturated heterocycles. The van der Waals surface area contributed by atoms with Crippen molar-refractivity contribution in [2.24, 2.45) is 5.92 Å².